The minimum Gasteiger partial charge on any atom is -0.459 e. The largest absolute Gasteiger partial charge is 0.459 e. The van der Waals surface area contributed by atoms with Crippen molar-refractivity contribution in [3.05, 3.63) is 51.4 Å². The molecule has 0 unspecified atom stereocenters. The number of fused-ring (bicyclic) bond motifs is 7. The molecule has 1 aromatic carbocycles. The van der Waals surface area contributed by atoms with Gasteiger partial charge in [-0.25, -0.2) is 4.68 Å². The summed E-state index contributed by atoms with van der Waals surface area (Å²) in [6, 6.07) is 6.94. The van der Waals surface area contributed by atoms with Gasteiger partial charge in [-0.15, -0.1) is 5.10 Å². The molecule has 5 aliphatic carbocycles. The number of rotatable bonds is 10. The number of benzene rings is 1. The summed E-state index contributed by atoms with van der Waals surface area (Å²) in [6.45, 7) is 17.6. The molecule has 17 heteroatoms. The minimum atomic E-state index is -1.55. The molecule has 0 bridgehead atoms. The fraction of sp³-hybridized carbons (Fsp3) is 0.769. The number of allylic oxidation sites excluding steroid dienone is 2. The molecule has 9 rings (SSSR count). The second kappa shape index (κ2) is 18.7. The summed E-state index contributed by atoms with van der Waals surface area (Å²) in [5.74, 6) is 0.183. The first kappa shape index (κ1) is 51.3. The van der Waals surface area contributed by atoms with Crippen LogP contribution in [0.4, 0.5) is 0 Å². The summed E-state index contributed by atoms with van der Waals surface area (Å²) < 4.78 is 33.5. The Morgan fingerprint density at radius 3 is 2.39 bits per heavy atom. The molecule has 2 aromatic rings. The third-order valence-electron chi connectivity index (χ3n) is 19.2. The topological polar surface area (TPSA) is 224 Å². The summed E-state index contributed by atoms with van der Waals surface area (Å²) in [6.07, 6.45) is 2.12. The van der Waals surface area contributed by atoms with Crippen molar-refractivity contribution in [2.45, 2.75) is 188 Å². The molecule has 4 saturated carbocycles. The molecular weight excluding hydrogens is 999 g/mol. The zero-order chi connectivity index (χ0) is 49.6. The zero-order valence-corrected chi connectivity index (χ0v) is 43.6. The maximum Gasteiger partial charge on any atom is 0.313 e. The second-order valence-electron chi connectivity index (χ2n) is 23.9. The van der Waals surface area contributed by atoms with Gasteiger partial charge in [0.2, 0.25) is 5.91 Å². The van der Waals surface area contributed by atoms with E-state index >= 15 is 0 Å². The molecule has 3 heterocycles. The average Bonchev–Trinajstić information content (AvgIpc) is 3.77. The van der Waals surface area contributed by atoms with Gasteiger partial charge in [0, 0.05) is 10.5 Å². The van der Waals surface area contributed by atoms with Gasteiger partial charge in [-0.1, -0.05) is 71.4 Å². The van der Waals surface area contributed by atoms with Crippen molar-refractivity contribution in [2.24, 2.45) is 50.2 Å². The molecule has 1 aromatic heterocycles. The highest BCUT2D eigenvalue weighted by Crippen LogP contribution is 2.76. The molecule has 69 heavy (non-hydrogen) atoms. The van der Waals surface area contributed by atoms with E-state index in [1.54, 1.807) is 4.68 Å². The second-order valence-corrected chi connectivity index (χ2v) is 25.1. The van der Waals surface area contributed by atoms with E-state index < -0.39 is 66.6 Å². The molecule has 382 valence electrons. The van der Waals surface area contributed by atoms with Crippen LogP contribution in [0.15, 0.2) is 42.1 Å². The van der Waals surface area contributed by atoms with Crippen molar-refractivity contribution in [3.8, 4) is 5.69 Å². The van der Waals surface area contributed by atoms with Gasteiger partial charge in [-0.3, -0.25) is 9.59 Å². The van der Waals surface area contributed by atoms with Crippen LogP contribution in [0.5, 0.6) is 0 Å². The van der Waals surface area contributed by atoms with E-state index in [-0.39, 0.29) is 70.8 Å². The normalized spacial score (nSPS) is 43.5. The predicted molar refractivity (Wildman–Crippen MR) is 260 cm³/mol. The standard InChI is InChI=1S/C52H75IN4O12/c1-28(58)54-39-42(62)41(61)35(27-66-45-43(63)40(60)34(59)26-65-45)68-44(39)69-38-15-16-49(6)36(48(38,4)5)14-17-51(8)37(49)13-12-32-33-23-47(2,3)18-20-52(33,21-19-50(32,51)7)46(64)67-25-30-24-57(56-55-30)31-11-9-10-29(53)22-31/h9-12,22,24,33-45,59-63H,13-21,23,25-27H2,1-8H3,(H,54,58)/t33-,34-,35+,36-,37+,38-,39+,40-,41+,42+,43-,44-,45-,49-,50+,51+,52-/m0/s1. The highest BCUT2D eigenvalue weighted by Gasteiger charge is 2.70. The molecule has 16 nitrogen and oxygen atoms in total. The van der Waals surface area contributed by atoms with Gasteiger partial charge in [-0.05, 0) is 150 Å². The molecular formula is C52H75IN4O12. The number of amides is 1. The first-order valence-corrected chi connectivity index (χ1v) is 26.3. The molecule has 7 aliphatic rings. The summed E-state index contributed by atoms with van der Waals surface area (Å²) in [5, 5.41) is 64.7. The Balaban J connectivity index is 0.926. The molecule has 2 saturated heterocycles. The first-order chi connectivity index (χ1) is 32.4. The van der Waals surface area contributed by atoms with E-state index in [4.69, 9.17) is 23.7 Å². The Morgan fingerprint density at radius 1 is 0.899 bits per heavy atom. The molecule has 6 fully saturated rings. The van der Waals surface area contributed by atoms with E-state index in [1.807, 2.05) is 30.5 Å². The number of nitrogens with one attached hydrogen (secondary N) is 1. The number of aliphatic hydroxyl groups is 5. The van der Waals surface area contributed by atoms with Crippen LogP contribution in [-0.2, 0) is 39.9 Å². The van der Waals surface area contributed by atoms with Crippen LogP contribution in [0.2, 0.25) is 0 Å². The summed E-state index contributed by atoms with van der Waals surface area (Å²) in [7, 11) is 0. The van der Waals surface area contributed by atoms with Crippen molar-refractivity contribution >= 4 is 34.5 Å². The molecule has 17 atom stereocenters. The lowest BCUT2D eigenvalue weighted by molar-refractivity contribution is -0.322. The van der Waals surface area contributed by atoms with Crippen LogP contribution in [0.25, 0.3) is 5.69 Å². The van der Waals surface area contributed by atoms with Gasteiger partial charge in [0.1, 0.15) is 55.0 Å². The number of esters is 1. The number of carbonyl (C=O) groups excluding carboxylic acids is 2. The molecule has 0 spiro atoms. The van der Waals surface area contributed by atoms with Crippen molar-refractivity contribution < 1.29 is 58.8 Å². The third-order valence-corrected chi connectivity index (χ3v) is 19.9. The SMILES string of the molecule is CC(=O)N[C@H]1[C@H](O[C@H]2CC[C@]3(C)[C@H]4CC=C5[C@@H]6CC(C)(C)CC[C@]6(C(=O)OCc6cn(-c7cccc(I)c7)nn6)CC[C@@]5(C)[C@]4(C)CC[C@H]3C2(C)C)O[C@H](CO[C@@H]2OC[C@H](O)[C@H](O)[C@@H]2O)[C@@H](O)[C@@H]1O. The maximum absolute atomic E-state index is 14.7. The van der Waals surface area contributed by atoms with Gasteiger partial charge in [0.25, 0.3) is 0 Å². The fourth-order valence-electron chi connectivity index (χ4n) is 15.1. The quantitative estimate of drug-likeness (QED) is 0.0748. The Morgan fingerprint density at radius 2 is 1.65 bits per heavy atom. The first-order valence-electron chi connectivity index (χ1n) is 25.2. The van der Waals surface area contributed by atoms with Crippen LogP contribution >= 0.6 is 22.6 Å². The van der Waals surface area contributed by atoms with Gasteiger partial charge in [-0.2, -0.15) is 0 Å². The van der Waals surface area contributed by atoms with Gasteiger partial charge in [0.05, 0.1) is 36.6 Å². The van der Waals surface area contributed by atoms with Crippen LogP contribution in [-0.4, -0.2) is 127 Å². The van der Waals surface area contributed by atoms with Crippen molar-refractivity contribution in [1.29, 1.82) is 0 Å². The number of carbonyl (C=O) groups is 2. The lowest BCUT2D eigenvalue weighted by Crippen LogP contribution is -2.67. The van der Waals surface area contributed by atoms with E-state index in [2.05, 4.69) is 92.8 Å². The number of aromatic nitrogens is 3. The summed E-state index contributed by atoms with van der Waals surface area (Å²) in [4.78, 5) is 27.2. The Hall–Kier alpha value is -2.59. The van der Waals surface area contributed by atoms with Crippen LogP contribution in [0.1, 0.15) is 125 Å². The van der Waals surface area contributed by atoms with E-state index in [1.165, 1.54) is 12.5 Å². The minimum absolute atomic E-state index is 0.0300. The lowest BCUT2D eigenvalue weighted by Gasteiger charge is -2.71. The Kier molecular flexibility index (Phi) is 13.9. The smallest absolute Gasteiger partial charge is 0.313 e. The van der Waals surface area contributed by atoms with Crippen LogP contribution < -0.4 is 5.32 Å². The van der Waals surface area contributed by atoms with Gasteiger partial charge >= 0.3 is 5.97 Å². The van der Waals surface area contributed by atoms with Crippen molar-refractivity contribution in [3.63, 3.8) is 0 Å². The fourth-order valence-corrected chi connectivity index (χ4v) is 15.6. The molecule has 0 radical (unpaired) electrons. The number of hydrogen-bond donors (Lipinski definition) is 6. The van der Waals surface area contributed by atoms with Crippen molar-refractivity contribution in [1.82, 2.24) is 20.3 Å². The summed E-state index contributed by atoms with van der Waals surface area (Å²) >= 11 is 2.28. The maximum atomic E-state index is 14.7. The molecule has 1 amide bonds. The van der Waals surface area contributed by atoms with E-state index in [9.17, 15) is 35.1 Å². The Labute approximate surface area is 419 Å². The van der Waals surface area contributed by atoms with Gasteiger partial charge in [0.15, 0.2) is 12.6 Å². The lowest BCUT2D eigenvalue weighted by atomic mass is 9.33. The predicted octanol–water partition coefficient (Wildman–Crippen LogP) is 5.51. The van der Waals surface area contributed by atoms with Crippen LogP contribution in [0.3, 0.4) is 0 Å². The average molecular weight is 1080 g/mol. The molecule has 6 N–H and O–H groups in total. The van der Waals surface area contributed by atoms with Gasteiger partial charge < -0.3 is 54.5 Å². The summed E-state index contributed by atoms with van der Waals surface area (Å²) in [5.41, 5.74) is 1.89. The van der Waals surface area contributed by atoms with E-state index in [0.29, 0.717) is 18.0 Å². The number of ether oxygens (including phenoxy) is 5. The number of aliphatic hydroxyl groups excluding tert-OH is 5. The zero-order valence-electron chi connectivity index (χ0n) is 41.5. The van der Waals surface area contributed by atoms with E-state index in [0.717, 1.165) is 67.0 Å². The highest BCUT2D eigenvalue weighted by molar-refractivity contribution is 14.1. The van der Waals surface area contributed by atoms with Crippen molar-refractivity contribution in [2.75, 3.05) is 13.2 Å². The number of hydrogen-bond acceptors (Lipinski definition) is 14. The number of halogens is 1. The number of nitrogens with zero attached hydrogens (tertiary/aromatic N) is 3. The van der Waals surface area contributed by atoms with Crippen LogP contribution in [0, 0.1) is 53.8 Å². The highest BCUT2D eigenvalue weighted by atomic mass is 127. The monoisotopic (exact) mass is 1070 g/mol. The third kappa shape index (κ3) is 8.85. The molecule has 2 aliphatic heterocycles. The Bertz CT molecular complexity index is 2280.